The molecule has 1 aromatic rings. The standard InChI is InChI=1S/C15H23ClN4O/c1-19(2)12-5-7-20(8-6-12)10-15(21)18-11-3-4-13(16)14(17)9-11/h3-4,9,12H,5-8,10,17H2,1-2H3,(H,18,21). The zero-order valence-corrected chi connectivity index (χ0v) is 13.4. The van der Waals surface area contributed by atoms with Crippen molar-refractivity contribution in [3.63, 3.8) is 0 Å². The van der Waals surface area contributed by atoms with Gasteiger partial charge in [-0.3, -0.25) is 9.69 Å². The number of nitrogens with two attached hydrogens (primary N) is 1. The average molecular weight is 311 g/mol. The number of likely N-dealkylation sites (tertiary alicyclic amines) is 1. The number of nitrogens with zero attached hydrogens (tertiary/aromatic N) is 2. The zero-order valence-electron chi connectivity index (χ0n) is 12.6. The molecular weight excluding hydrogens is 288 g/mol. The van der Waals surface area contributed by atoms with Crippen molar-refractivity contribution in [1.82, 2.24) is 9.80 Å². The van der Waals surface area contributed by atoms with Gasteiger partial charge >= 0.3 is 0 Å². The number of rotatable bonds is 4. The van der Waals surface area contributed by atoms with Gasteiger partial charge < -0.3 is 16.0 Å². The van der Waals surface area contributed by atoms with Crippen LogP contribution in [0.2, 0.25) is 5.02 Å². The molecule has 1 aliphatic rings. The highest BCUT2D eigenvalue weighted by atomic mass is 35.5. The fraction of sp³-hybridized carbons (Fsp3) is 0.533. The van der Waals surface area contributed by atoms with E-state index in [9.17, 15) is 4.79 Å². The van der Waals surface area contributed by atoms with Gasteiger partial charge in [0.15, 0.2) is 0 Å². The number of anilines is 2. The second-order valence-corrected chi connectivity index (χ2v) is 6.16. The number of nitrogens with one attached hydrogen (secondary N) is 1. The molecule has 1 heterocycles. The molecule has 6 heteroatoms. The van der Waals surface area contributed by atoms with E-state index in [0.29, 0.717) is 29.0 Å². The van der Waals surface area contributed by atoms with Gasteiger partial charge in [-0.2, -0.15) is 0 Å². The molecular formula is C15H23ClN4O. The molecule has 1 amide bonds. The van der Waals surface area contributed by atoms with Gasteiger partial charge in [0.1, 0.15) is 0 Å². The highest BCUT2D eigenvalue weighted by Gasteiger charge is 2.21. The Bertz CT molecular complexity index is 498. The molecule has 0 atom stereocenters. The van der Waals surface area contributed by atoms with Crippen LogP contribution in [0.1, 0.15) is 12.8 Å². The molecule has 2 rings (SSSR count). The number of piperidine rings is 1. The molecule has 1 aromatic carbocycles. The Hall–Kier alpha value is -1.30. The van der Waals surface area contributed by atoms with Gasteiger partial charge in [0, 0.05) is 24.8 Å². The number of benzene rings is 1. The Labute approximate surface area is 131 Å². The van der Waals surface area contributed by atoms with Crippen molar-refractivity contribution in [1.29, 1.82) is 0 Å². The van der Waals surface area contributed by atoms with E-state index in [1.165, 1.54) is 0 Å². The van der Waals surface area contributed by atoms with E-state index in [-0.39, 0.29) is 5.91 Å². The second kappa shape index (κ2) is 7.11. The molecule has 1 aliphatic heterocycles. The Kier molecular flexibility index (Phi) is 5.45. The predicted molar refractivity (Wildman–Crippen MR) is 87.6 cm³/mol. The molecule has 21 heavy (non-hydrogen) atoms. The van der Waals surface area contributed by atoms with Crippen LogP contribution in [0.5, 0.6) is 0 Å². The lowest BCUT2D eigenvalue weighted by molar-refractivity contribution is -0.117. The van der Waals surface area contributed by atoms with Gasteiger partial charge in [0.05, 0.1) is 17.3 Å². The number of amides is 1. The first-order valence-corrected chi connectivity index (χ1v) is 7.57. The summed E-state index contributed by atoms with van der Waals surface area (Å²) < 4.78 is 0. The van der Waals surface area contributed by atoms with Crippen molar-refractivity contribution in [3.05, 3.63) is 23.2 Å². The average Bonchev–Trinajstić information content (AvgIpc) is 2.43. The summed E-state index contributed by atoms with van der Waals surface area (Å²) in [6, 6.07) is 5.75. The maximum absolute atomic E-state index is 12.1. The summed E-state index contributed by atoms with van der Waals surface area (Å²) in [4.78, 5) is 16.5. The quantitative estimate of drug-likeness (QED) is 0.834. The summed E-state index contributed by atoms with van der Waals surface area (Å²) in [6.07, 6.45) is 2.21. The number of carbonyl (C=O) groups excluding carboxylic acids is 1. The van der Waals surface area contributed by atoms with Gasteiger partial charge in [-0.25, -0.2) is 0 Å². The van der Waals surface area contributed by atoms with E-state index in [1.54, 1.807) is 18.2 Å². The Morgan fingerprint density at radius 2 is 2.10 bits per heavy atom. The number of carbonyl (C=O) groups is 1. The summed E-state index contributed by atoms with van der Waals surface area (Å²) in [5.41, 5.74) is 6.88. The van der Waals surface area contributed by atoms with Gasteiger partial charge in [-0.15, -0.1) is 0 Å². The SMILES string of the molecule is CN(C)C1CCN(CC(=O)Nc2ccc(Cl)c(N)c2)CC1. The lowest BCUT2D eigenvalue weighted by Gasteiger charge is -2.34. The minimum atomic E-state index is -0.0139. The van der Waals surface area contributed by atoms with Crippen LogP contribution in [-0.4, -0.2) is 55.5 Å². The minimum absolute atomic E-state index is 0.0139. The molecule has 0 bridgehead atoms. The van der Waals surface area contributed by atoms with Gasteiger partial charge in [-0.05, 0) is 45.1 Å². The number of hydrogen-bond donors (Lipinski definition) is 2. The maximum Gasteiger partial charge on any atom is 0.238 e. The van der Waals surface area contributed by atoms with Crippen LogP contribution in [0.15, 0.2) is 18.2 Å². The van der Waals surface area contributed by atoms with E-state index in [1.807, 2.05) is 0 Å². The van der Waals surface area contributed by atoms with E-state index < -0.39 is 0 Å². The van der Waals surface area contributed by atoms with Crippen LogP contribution in [0.25, 0.3) is 0 Å². The normalized spacial score (nSPS) is 17.1. The van der Waals surface area contributed by atoms with Gasteiger partial charge in [-0.1, -0.05) is 11.6 Å². The van der Waals surface area contributed by atoms with Crippen molar-refractivity contribution >= 4 is 28.9 Å². The van der Waals surface area contributed by atoms with Crippen molar-refractivity contribution in [2.45, 2.75) is 18.9 Å². The van der Waals surface area contributed by atoms with Crippen molar-refractivity contribution in [3.8, 4) is 0 Å². The Morgan fingerprint density at radius 1 is 1.43 bits per heavy atom. The molecule has 0 radical (unpaired) electrons. The topological polar surface area (TPSA) is 61.6 Å². The first-order chi connectivity index (χ1) is 9.95. The molecule has 116 valence electrons. The van der Waals surface area contributed by atoms with Crippen LogP contribution < -0.4 is 11.1 Å². The van der Waals surface area contributed by atoms with Crippen LogP contribution in [0.3, 0.4) is 0 Å². The van der Waals surface area contributed by atoms with Crippen molar-refractivity contribution in [2.24, 2.45) is 0 Å². The Balaban J connectivity index is 1.81. The molecule has 1 fully saturated rings. The molecule has 1 saturated heterocycles. The maximum atomic E-state index is 12.1. The highest BCUT2D eigenvalue weighted by molar-refractivity contribution is 6.33. The molecule has 0 spiro atoms. The summed E-state index contributed by atoms with van der Waals surface area (Å²) in [5, 5.41) is 3.36. The first kappa shape index (κ1) is 16.1. The first-order valence-electron chi connectivity index (χ1n) is 7.19. The predicted octanol–water partition coefficient (Wildman–Crippen LogP) is 1.89. The van der Waals surface area contributed by atoms with E-state index in [2.05, 4.69) is 29.2 Å². The highest BCUT2D eigenvalue weighted by Crippen LogP contribution is 2.22. The largest absolute Gasteiger partial charge is 0.397 e. The van der Waals surface area contributed by atoms with Crippen molar-refractivity contribution in [2.75, 3.05) is 44.8 Å². The third kappa shape index (κ3) is 4.59. The number of hydrogen-bond acceptors (Lipinski definition) is 4. The summed E-state index contributed by atoms with van der Waals surface area (Å²) in [7, 11) is 4.22. The van der Waals surface area contributed by atoms with E-state index in [0.717, 1.165) is 25.9 Å². The molecule has 0 unspecified atom stereocenters. The molecule has 3 N–H and O–H groups in total. The number of nitrogen functional groups attached to an aromatic ring is 1. The van der Waals surface area contributed by atoms with Crippen LogP contribution >= 0.6 is 11.6 Å². The Morgan fingerprint density at radius 3 is 2.67 bits per heavy atom. The number of halogens is 1. The van der Waals surface area contributed by atoms with Crippen LogP contribution in [0.4, 0.5) is 11.4 Å². The molecule has 5 nitrogen and oxygen atoms in total. The third-order valence-electron chi connectivity index (χ3n) is 3.93. The van der Waals surface area contributed by atoms with Crippen LogP contribution in [0, 0.1) is 0 Å². The van der Waals surface area contributed by atoms with Crippen molar-refractivity contribution < 1.29 is 4.79 Å². The van der Waals surface area contributed by atoms with Crippen LogP contribution in [-0.2, 0) is 4.79 Å². The summed E-state index contributed by atoms with van der Waals surface area (Å²) in [5.74, 6) is -0.0139. The fourth-order valence-electron chi connectivity index (χ4n) is 2.62. The molecule has 0 aromatic heterocycles. The van der Waals surface area contributed by atoms with E-state index in [4.69, 9.17) is 17.3 Å². The van der Waals surface area contributed by atoms with Gasteiger partial charge in [0.2, 0.25) is 5.91 Å². The smallest absolute Gasteiger partial charge is 0.238 e. The lowest BCUT2D eigenvalue weighted by atomic mass is 10.0. The fourth-order valence-corrected chi connectivity index (χ4v) is 2.74. The molecule has 0 aliphatic carbocycles. The van der Waals surface area contributed by atoms with Gasteiger partial charge in [0.25, 0.3) is 0 Å². The third-order valence-corrected chi connectivity index (χ3v) is 4.28. The summed E-state index contributed by atoms with van der Waals surface area (Å²) in [6.45, 7) is 2.33. The minimum Gasteiger partial charge on any atom is -0.397 e. The second-order valence-electron chi connectivity index (χ2n) is 5.76. The summed E-state index contributed by atoms with van der Waals surface area (Å²) >= 11 is 5.86. The monoisotopic (exact) mass is 310 g/mol. The lowest BCUT2D eigenvalue weighted by Crippen LogP contribution is -2.44. The zero-order chi connectivity index (χ0) is 15.4. The molecule has 0 saturated carbocycles. The van der Waals surface area contributed by atoms with E-state index >= 15 is 0 Å².